The Labute approximate surface area is 169 Å². The number of fused-ring (bicyclic) bond motifs is 1. The van der Waals surface area contributed by atoms with E-state index in [0.717, 1.165) is 35.0 Å². The van der Waals surface area contributed by atoms with Crippen molar-refractivity contribution in [3.63, 3.8) is 0 Å². The Hall–Kier alpha value is -2.73. The first-order valence-electron chi connectivity index (χ1n) is 9.40. The largest absolute Gasteiger partial charge is 0.454 e. The highest BCUT2D eigenvalue weighted by atomic mass is 32.2. The van der Waals surface area contributed by atoms with Gasteiger partial charge in [0.1, 0.15) is 0 Å². The first kappa shape index (κ1) is 18.6. The number of thioether (sulfide) groups is 1. The van der Waals surface area contributed by atoms with Crippen LogP contribution in [0, 0.1) is 6.92 Å². The van der Waals surface area contributed by atoms with E-state index < -0.39 is 0 Å². The molecule has 5 nitrogen and oxygen atoms in total. The second-order valence-corrected chi connectivity index (χ2v) is 7.77. The number of carbonyl (C=O) groups excluding carboxylic acids is 1. The van der Waals surface area contributed by atoms with E-state index in [2.05, 4.69) is 6.92 Å². The molecule has 0 spiro atoms. The van der Waals surface area contributed by atoms with Crippen LogP contribution in [0.4, 0.5) is 5.69 Å². The van der Waals surface area contributed by atoms with Gasteiger partial charge >= 0.3 is 0 Å². The standard InChI is InChI=1S/C22H22N2O3S/c1-3-4-11-24-21(25)20(13-16-7-10-18-19(12-16)27-14-26-18)28-22(24)23-17-8-5-15(2)6-9-17/h5-10,12-13H,3-4,11,14H2,1-2H3/b20-13+,23-22?. The van der Waals surface area contributed by atoms with Crippen molar-refractivity contribution in [1.82, 2.24) is 4.90 Å². The summed E-state index contributed by atoms with van der Waals surface area (Å²) < 4.78 is 10.8. The highest BCUT2D eigenvalue weighted by Crippen LogP contribution is 2.37. The third-order valence-electron chi connectivity index (χ3n) is 4.58. The summed E-state index contributed by atoms with van der Waals surface area (Å²) in [5.74, 6) is 1.45. The van der Waals surface area contributed by atoms with Gasteiger partial charge in [-0.1, -0.05) is 37.1 Å². The van der Waals surface area contributed by atoms with Crippen molar-refractivity contribution < 1.29 is 14.3 Å². The molecule has 144 valence electrons. The second kappa shape index (κ2) is 8.10. The van der Waals surface area contributed by atoms with Crippen molar-refractivity contribution in [2.75, 3.05) is 13.3 Å². The number of rotatable bonds is 5. The van der Waals surface area contributed by atoms with Gasteiger partial charge in [0.2, 0.25) is 6.79 Å². The molecule has 2 aliphatic rings. The number of hydrogen-bond acceptors (Lipinski definition) is 5. The number of benzene rings is 2. The predicted octanol–water partition coefficient (Wildman–Crippen LogP) is 5.13. The SMILES string of the molecule is CCCCN1C(=O)/C(=C\c2ccc3c(c2)OCO3)SC1=Nc1ccc(C)cc1. The van der Waals surface area contributed by atoms with Crippen molar-refractivity contribution in [3.8, 4) is 11.5 Å². The molecular formula is C22H22N2O3S. The summed E-state index contributed by atoms with van der Waals surface area (Å²) in [5.41, 5.74) is 2.95. The van der Waals surface area contributed by atoms with E-state index in [4.69, 9.17) is 14.5 Å². The molecule has 0 saturated carbocycles. The minimum Gasteiger partial charge on any atom is -0.454 e. The van der Waals surface area contributed by atoms with E-state index in [-0.39, 0.29) is 12.7 Å². The van der Waals surface area contributed by atoms with E-state index in [1.807, 2.05) is 55.5 Å². The number of aliphatic imine (C=N–C) groups is 1. The van der Waals surface area contributed by atoms with Gasteiger partial charge in [-0.3, -0.25) is 9.69 Å². The molecule has 28 heavy (non-hydrogen) atoms. The Bertz CT molecular complexity index is 951. The molecule has 1 fully saturated rings. The van der Waals surface area contributed by atoms with E-state index in [1.54, 1.807) is 4.90 Å². The van der Waals surface area contributed by atoms with Gasteiger partial charge < -0.3 is 9.47 Å². The van der Waals surface area contributed by atoms with E-state index in [0.29, 0.717) is 17.2 Å². The molecule has 2 heterocycles. The fourth-order valence-corrected chi connectivity index (χ4v) is 4.01. The summed E-state index contributed by atoms with van der Waals surface area (Å²) in [6.07, 6.45) is 3.86. The van der Waals surface area contributed by atoms with Crippen LogP contribution in [-0.4, -0.2) is 29.3 Å². The Morgan fingerprint density at radius 2 is 1.93 bits per heavy atom. The maximum Gasteiger partial charge on any atom is 0.266 e. The smallest absolute Gasteiger partial charge is 0.266 e. The van der Waals surface area contributed by atoms with Crippen molar-refractivity contribution in [2.45, 2.75) is 26.7 Å². The molecule has 4 rings (SSSR count). The Morgan fingerprint density at radius 1 is 1.14 bits per heavy atom. The fraction of sp³-hybridized carbons (Fsp3) is 0.273. The van der Waals surface area contributed by atoms with Crippen molar-refractivity contribution in [3.05, 3.63) is 58.5 Å². The van der Waals surface area contributed by atoms with Gasteiger partial charge in [0, 0.05) is 6.54 Å². The van der Waals surface area contributed by atoms with Gasteiger partial charge in [-0.15, -0.1) is 0 Å². The highest BCUT2D eigenvalue weighted by Gasteiger charge is 2.33. The maximum atomic E-state index is 13.0. The average Bonchev–Trinajstić information content (AvgIpc) is 3.27. The zero-order valence-electron chi connectivity index (χ0n) is 16.0. The number of amides is 1. The second-order valence-electron chi connectivity index (χ2n) is 6.76. The van der Waals surface area contributed by atoms with E-state index in [9.17, 15) is 4.79 Å². The zero-order chi connectivity index (χ0) is 19.5. The number of nitrogens with zero attached hydrogens (tertiary/aromatic N) is 2. The highest BCUT2D eigenvalue weighted by molar-refractivity contribution is 8.18. The van der Waals surface area contributed by atoms with Crippen LogP contribution in [-0.2, 0) is 4.79 Å². The lowest BCUT2D eigenvalue weighted by Crippen LogP contribution is -2.30. The molecule has 0 radical (unpaired) electrons. The van der Waals surface area contributed by atoms with Crippen LogP contribution < -0.4 is 9.47 Å². The van der Waals surface area contributed by atoms with Crippen molar-refractivity contribution in [1.29, 1.82) is 0 Å². The molecule has 2 aromatic rings. The minimum absolute atomic E-state index is 0.00183. The molecule has 0 aromatic heterocycles. The van der Waals surface area contributed by atoms with Crippen LogP contribution in [0.5, 0.6) is 11.5 Å². The number of hydrogen-bond donors (Lipinski definition) is 0. The van der Waals surface area contributed by atoms with Gasteiger partial charge in [0.25, 0.3) is 5.91 Å². The topological polar surface area (TPSA) is 51.1 Å². The van der Waals surface area contributed by atoms with Gasteiger partial charge in [0.05, 0.1) is 10.6 Å². The van der Waals surface area contributed by atoms with Crippen LogP contribution in [0.25, 0.3) is 6.08 Å². The summed E-state index contributed by atoms with van der Waals surface area (Å²) in [7, 11) is 0. The average molecular weight is 394 g/mol. The summed E-state index contributed by atoms with van der Waals surface area (Å²) in [5, 5.41) is 0.731. The third kappa shape index (κ3) is 3.92. The monoisotopic (exact) mass is 394 g/mol. The molecule has 1 saturated heterocycles. The summed E-state index contributed by atoms with van der Waals surface area (Å²) in [6, 6.07) is 13.7. The van der Waals surface area contributed by atoms with Crippen LogP contribution in [0.2, 0.25) is 0 Å². The zero-order valence-corrected chi connectivity index (χ0v) is 16.8. The van der Waals surface area contributed by atoms with Crippen LogP contribution in [0.3, 0.4) is 0 Å². The number of unbranched alkanes of at least 4 members (excludes halogenated alkanes) is 1. The van der Waals surface area contributed by atoms with Crippen LogP contribution in [0.15, 0.2) is 52.4 Å². The third-order valence-corrected chi connectivity index (χ3v) is 5.58. The normalized spacial score (nSPS) is 18.5. The molecule has 0 unspecified atom stereocenters. The number of amidine groups is 1. The minimum atomic E-state index is 0.00183. The maximum absolute atomic E-state index is 13.0. The van der Waals surface area contributed by atoms with Gasteiger partial charge in [-0.25, -0.2) is 4.99 Å². The molecule has 0 bridgehead atoms. The summed E-state index contributed by atoms with van der Waals surface area (Å²) >= 11 is 1.42. The predicted molar refractivity (Wildman–Crippen MR) is 113 cm³/mol. The molecule has 6 heteroatoms. The first-order chi connectivity index (χ1) is 13.6. The van der Waals surface area contributed by atoms with Crippen LogP contribution in [0.1, 0.15) is 30.9 Å². The van der Waals surface area contributed by atoms with Gasteiger partial charge in [-0.05, 0) is 61.0 Å². The van der Waals surface area contributed by atoms with Crippen LogP contribution >= 0.6 is 11.8 Å². The van der Waals surface area contributed by atoms with Crippen molar-refractivity contribution in [2.24, 2.45) is 4.99 Å². The molecule has 0 atom stereocenters. The molecule has 0 aliphatic carbocycles. The lowest BCUT2D eigenvalue weighted by Gasteiger charge is -2.14. The molecule has 0 N–H and O–H groups in total. The Kier molecular flexibility index (Phi) is 5.39. The first-order valence-corrected chi connectivity index (χ1v) is 10.2. The lowest BCUT2D eigenvalue weighted by atomic mass is 10.2. The fourth-order valence-electron chi connectivity index (χ4n) is 2.99. The van der Waals surface area contributed by atoms with Gasteiger partial charge in [0.15, 0.2) is 16.7 Å². The Balaban J connectivity index is 1.63. The van der Waals surface area contributed by atoms with Gasteiger partial charge in [-0.2, -0.15) is 0 Å². The number of carbonyl (C=O) groups is 1. The number of aryl methyl sites for hydroxylation is 1. The molecule has 1 amide bonds. The molecular weight excluding hydrogens is 372 g/mol. The summed E-state index contributed by atoms with van der Waals surface area (Å²) in [4.78, 5) is 20.2. The quantitative estimate of drug-likeness (QED) is 0.660. The van der Waals surface area contributed by atoms with E-state index in [1.165, 1.54) is 17.3 Å². The lowest BCUT2D eigenvalue weighted by molar-refractivity contribution is -0.122. The summed E-state index contributed by atoms with van der Waals surface area (Å²) in [6.45, 7) is 5.07. The Morgan fingerprint density at radius 3 is 2.71 bits per heavy atom. The van der Waals surface area contributed by atoms with Crippen molar-refractivity contribution >= 4 is 34.6 Å². The number of ether oxygens (including phenoxy) is 2. The van der Waals surface area contributed by atoms with E-state index >= 15 is 0 Å². The molecule has 2 aliphatic heterocycles. The molecule has 2 aromatic carbocycles.